The summed E-state index contributed by atoms with van der Waals surface area (Å²) < 4.78 is 0. The minimum absolute atomic E-state index is 0.0400. The van der Waals surface area contributed by atoms with Crippen LogP contribution in [0.4, 0.5) is 5.69 Å². The van der Waals surface area contributed by atoms with Crippen molar-refractivity contribution in [2.75, 3.05) is 11.1 Å². The van der Waals surface area contributed by atoms with Gasteiger partial charge in [0.2, 0.25) is 5.91 Å². The standard InChI is InChI=1S/C17H13ClN2O2S/c18-12-6-7-14-13(8-12)17(16(22)19-14)20(15(21)10-23-17)9-11-4-2-1-3-5-11/h1-8H,9-10H2,(H,19,22). The first-order chi connectivity index (χ1) is 11.1. The summed E-state index contributed by atoms with van der Waals surface area (Å²) in [7, 11) is 0. The molecule has 2 aromatic carbocycles. The summed E-state index contributed by atoms with van der Waals surface area (Å²) in [5.41, 5.74) is 2.48. The van der Waals surface area contributed by atoms with Crippen LogP contribution < -0.4 is 5.32 Å². The Morgan fingerprint density at radius 1 is 1.17 bits per heavy atom. The van der Waals surface area contributed by atoms with Gasteiger partial charge in [0.05, 0.1) is 5.75 Å². The maximum atomic E-state index is 12.7. The summed E-state index contributed by atoms with van der Waals surface area (Å²) in [5.74, 6) is 0.0648. The number of anilines is 1. The van der Waals surface area contributed by atoms with Gasteiger partial charge in [0.1, 0.15) is 0 Å². The normalized spacial score (nSPS) is 22.6. The average molecular weight is 345 g/mol. The van der Waals surface area contributed by atoms with Gasteiger partial charge in [0, 0.05) is 22.8 Å². The minimum atomic E-state index is -1.02. The van der Waals surface area contributed by atoms with E-state index >= 15 is 0 Å². The van der Waals surface area contributed by atoms with Crippen molar-refractivity contribution in [2.24, 2.45) is 0 Å². The molecule has 2 aliphatic heterocycles. The number of nitrogens with zero attached hydrogens (tertiary/aromatic N) is 1. The highest BCUT2D eigenvalue weighted by molar-refractivity contribution is 8.02. The molecule has 23 heavy (non-hydrogen) atoms. The predicted molar refractivity (Wildman–Crippen MR) is 91.2 cm³/mol. The van der Waals surface area contributed by atoms with Crippen LogP contribution in [-0.2, 0) is 21.0 Å². The lowest BCUT2D eigenvalue weighted by atomic mass is 10.0. The van der Waals surface area contributed by atoms with Crippen molar-refractivity contribution in [3.05, 3.63) is 64.7 Å². The summed E-state index contributed by atoms with van der Waals surface area (Å²) in [5, 5.41) is 3.44. The lowest BCUT2D eigenvalue weighted by Crippen LogP contribution is -2.46. The van der Waals surface area contributed by atoms with Crippen LogP contribution in [0.1, 0.15) is 11.1 Å². The molecule has 0 saturated carbocycles. The molecular formula is C17H13ClN2O2S. The molecule has 2 amide bonds. The predicted octanol–water partition coefficient (Wildman–Crippen LogP) is 3.22. The number of nitrogens with one attached hydrogen (secondary N) is 1. The first-order valence-electron chi connectivity index (χ1n) is 7.21. The Balaban J connectivity index is 1.82. The largest absolute Gasteiger partial charge is 0.323 e. The van der Waals surface area contributed by atoms with E-state index in [2.05, 4.69) is 5.32 Å². The molecule has 1 atom stereocenters. The molecule has 1 saturated heterocycles. The number of carbonyl (C=O) groups is 2. The Hall–Kier alpha value is -1.98. The molecule has 0 radical (unpaired) electrons. The average Bonchev–Trinajstić information content (AvgIpc) is 3.02. The van der Waals surface area contributed by atoms with Crippen molar-refractivity contribution in [3.63, 3.8) is 0 Å². The topological polar surface area (TPSA) is 49.4 Å². The second kappa shape index (κ2) is 5.28. The van der Waals surface area contributed by atoms with Crippen LogP contribution in [0.3, 0.4) is 0 Å². The van der Waals surface area contributed by atoms with Crippen molar-refractivity contribution in [1.29, 1.82) is 0 Å². The van der Waals surface area contributed by atoms with E-state index in [9.17, 15) is 9.59 Å². The fourth-order valence-corrected chi connectivity index (χ4v) is 4.60. The maximum Gasteiger partial charge on any atom is 0.265 e. The van der Waals surface area contributed by atoms with E-state index in [1.807, 2.05) is 30.3 Å². The number of amides is 2. The molecule has 4 rings (SSSR count). The number of fused-ring (bicyclic) bond motifs is 2. The van der Waals surface area contributed by atoms with Crippen LogP contribution >= 0.6 is 23.4 Å². The zero-order chi connectivity index (χ0) is 16.0. The molecule has 0 aromatic heterocycles. The SMILES string of the molecule is O=C1CSC2(C(=O)Nc3ccc(Cl)cc32)N1Cc1ccccc1. The number of hydrogen-bond donors (Lipinski definition) is 1. The Labute approximate surface area is 142 Å². The number of hydrogen-bond acceptors (Lipinski definition) is 3. The second-order valence-electron chi connectivity index (χ2n) is 5.54. The molecule has 0 aliphatic carbocycles. The van der Waals surface area contributed by atoms with Crippen LogP contribution in [0, 0.1) is 0 Å². The zero-order valence-electron chi connectivity index (χ0n) is 12.1. The Morgan fingerprint density at radius 3 is 2.74 bits per heavy atom. The molecule has 1 spiro atoms. The van der Waals surface area contributed by atoms with Crippen LogP contribution in [0.5, 0.6) is 0 Å². The number of benzene rings is 2. The van der Waals surface area contributed by atoms with E-state index in [1.54, 1.807) is 23.1 Å². The van der Waals surface area contributed by atoms with Gasteiger partial charge >= 0.3 is 0 Å². The van der Waals surface area contributed by atoms with E-state index in [1.165, 1.54) is 11.8 Å². The van der Waals surface area contributed by atoms with Gasteiger partial charge in [-0.2, -0.15) is 0 Å². The quantitative estimate of drug-likeness (QED) is 0.910. The number of thioether (sulfide) groups is 1. The Bertz CT molecular complexity index is 811. The maximum absolute atomic E-state index is 12.7. The Morgan fingerprint density at radius 2 is 1.96 bits per heavy atom. The third kappa shape index (κ3) is 2.15. The van der Waals surface area contributed by atoms with E-state index in [0.29, 0.717) is 11.6 Å². The Kier molecular flexibility index (Phi) is 3.36. The van der Waals surface area contributed by atoms with E-state index in [-0.39, 0.29) is 17.6 Å². The van der Waals surface area contributed by atoms with Gasteiger partial charge in [-0.25, -0.2) is 0 Å². The van der Waals surface area contributed by atoms with Crippen molar-refractivity contribution in [2.45, 2.75) is 11.4 Å². The van der Waals surface area contributed by atoms with E-state index < -0.39 is 4.87 Å². The lowest BCUT2D eigenvalue weighted by Gasteiger charge is -2.32. The molecule has 2 heterocycles. The van der Waals surface area contributed by atoms with Crippen LogP contribution in [0.25, 0.3) is 0 Å². The molecular weight excluding hydrogens is 332 g/mol. The molecule has 1 fully saturated rings. The fourth-order valence-electron chi connectivity index (χ4n) is 3.11. The summed E-state index contributed by atoms with van der Waals surface area (Å²) in [4.78, 5) is 25.9. The molecule has 0 bridgehead atoms. The number of rotatable bonds is 2. The summed E-state index contributed by atoms with van der Waals surface area (Å²) >= 11 is 7.48. The molecule has 4 nitrogen and oxygen atoms in total. The highest BCUT2D eigenvalue weighted by Crippen LogP contribution is 2.53. The summed E-state index contributed by atoms with van der Waals surface area (Å²) in [6, 6.07) is 15.0. The first kappa shape index (κ1) is 14.6. The van der Waals surface area contributed by atoms with Crippen LogP contribution in [0.2, 0.25) is 5.02 Å². The van der Waals surface area contributed by atoms with Gasteiger partial charge in [0.15, 0.2) is 4.87 Å². The molecule has 116 valence electrons. The van der Waals surface area contributed by atoms with Crippen molar-refractivity contribution < 1.29 is 9.59 Å². The van der Waals surface area contributed by atoms with Gasteiger partial charge < -0.3 is 10.2 Å². The van der Waals surface area contributed by atoms with Gasteiger partial charge in [-0.3, -0.25) is 9.59 Å². The third-order valence-corrected chi connectivity index (χ3v) is 5.84. The fraction of sp³-hybridized carbons (Fsp3) is 0.176. The summed E-state index contributed by atoms with van der Waals surface area (Å²) in [6.07, 6.45) is 0. The molecule has 2 aromatic rings. The lowest BCUT2D eigenvalue weighted by molar-refractivity contribution is -0.137. The van der Waals surface area contributed by atoms with E-state index in [0.717, 1.165) is 16.8 Å². The van der Waals surface area contributed by atoms with Crippen LogP contribution in [-0.4, -0.2) is 22.5 Å². The van der Waals surface area contributed by atoms with Crippen molar-refractivity contribution >= 4 is 40.9 Å². The van der Waals surface area contributed by atoms with Gasteiger partial charge in [-0.05, 0) is 23.8 Å². The second-order valence-corrected chi connectivity index (χ2v) is 7.15. The monoisotopic (exact) mass is 344 g/mol. The molecule has 1 unspecified atom stereocenters. The number of carbonyl (C=O) groups excluding carboxylic acids is 2. The minimum Gasteiger partial charge on any atom is -0.323 e. The van der Waals surface area contributed by atoms with Crippen molar-refractivity contribution in [1.82, 2.24) is 4.90 Å². The first-order valence-corrected chi connectivity index (χ1v) is 8.57. The highest BCUT2D eigenvalue weighted by Gasteiger charge is 2.57. The van der Waals surface area contributed by atoms with Crippen molar-refractivity contribution in [3.8, 4) is 0 Å². The molecule has 6 heteroatoms. The van der Waals surface area contributed by atoms with Gasteiger partial charge in [-0.1, -0.05) is 41.9 Å². The van der Waals surface area contributed by atoms with Crippen LogP contribution in [0.15, 0.2) is 48.5 Å². The molecule has 2 aliphatic rings. The number of halogens is 1. The van der Waals surface area contributed by atoms with Gasteiger partial charge in [0.25, 0.3) is 5.91 Å². The van der Waals surface area contributed by atoms with E-state index in [4.69, 9.17) is 11.6 Å². The highest BCUT2D eigenvalue weighted by atomic mass is 35.5. The third-order valence-electron chi connectivity index (χ3n) is 4.17. The summed E-state index contributed by atoms with van der Waals surface area (Å²) in [6.45, 7) is 0.395. The zero-order valence-corrected chi connectivity index (χ0v) is 13.7. The smallest absolute Gasteiger partial charge is 0.265 e. The molecule has 1 N–H and O–H groups in total. The van der Waals surface area contributed by atoms with Gasteiger partial charge in [-0.15, -0.1) is 11.8 Å².